The second-order valence-corrected chi connectivity index (χ2v) is 9.78. The van der Waals surface area contributed by atoms with Gasteiger partial charge in [-0.2, -0.15) is 5.10 Å². The lowest BCUT2D eigenvalue weighted by molar-refractivity contribution is 0.101. The van der Waals surface area contributed by atoms with Gasteiger partial charge in [0.15, 0.2) is 5.82 Å². The van der Waals surface area contributed by atoms with Crippen LogP contribution in [0, 0.1) is 6.92 Å². The fourth-order valence-electron chi connectivity index (χ4n) is 5.16. The van der Waals surface area contributed by atoms with Crippen LogP contribution in [0.5, 0.6) is 0 Å². The highest BCUT2D eigenvalue weighted by Crippen LogP contribution is 2.41. The first-order valence-electron chi connectivity index (χ1n) is 10.7. The Morgan fingerprint density at radius 3 is 2.71 bits per heavy atom. The van der Waals surface area contributed by atoms with Crippen LogP contribution < -0.4 is 4.90 Å². The molecular weight excluding hydrogens is 368 g/mol. The summed E-state index contributed by atoms with van der Waals surface area (Å²) >= 11 is 1.97. The summed E-state index contributed by atoms with van der Waals surface area (Å²) in [5, 5.41) is 8.63. The average molecular weight is 399 g/mol. The van der Waals surface area contributed by atoms with Crippen LogP contribution in [-0.4, -0.2) is 46.9 Å². The molecule has 1 atom stereocenters. The van der Waals surface area contributed by atoms with E-state index in [0.29, 0.717) is 11.6 Å². The van der Waals surface area contributed by atoms with Gasteiger partial charge in [-0.15, -0.1) is 16.4 Å². The summed E-state index contributed by atoms with van der Waals surface area (Å²) in [5.41, 5.74) is 1.36. The maximum absolute atomic E-state index is 5.87. The molecule has 0 bridgehead atoms. The highest BCUT2D eigenvalue weighted by molar-refractivity contribution is 7.12. The van der Waals surface area contributed by atoms with E-state index in [1.807, 2.05) is 18.3 Å². The molecule has 5 heterocycles. The summed E-state index contributed by atoms with van der Waals surface area (Å²) in [6.45, 7) is 7.42. The van der Waals surface area contributed by atoms with Gasteiger partial charge in [-0.25, -0.2) is 0 Å². The molecular formula is C22H30N4OS. The number of likely N-dealkylation sites (tertiary alicyclic amines) is 1. The molecule has 0 aromatic carbocycles. The predicted molar refractivity (Wildman–Crippen MR) is 113 cm³/mol. The summed E-state index contributed by atoms with van der Waals surface area (Å²) in [6, 6.07) is 8.82. The normalized spacial score (nSPS) is 25.0. The number of rotatable bonds is 4. The van der Waals surface area contributed by atoms with Gasteiger partial charge in [0, 0.05) is 41.5 Å². The highest BCUT2D eigenvalue weighted by Gasteiger charge is 2.43. The van der Waals surface area contributed by atoms with Crippen molar-refractivity contribution in [2.75, 3.05) is 31.1 Å². The summed E-state index contributed by atoms with van der Waals surface area (Å²) in [7, 11) is 0. The number of anilines is 1. The molecule has 5 rings (SSSR count). The third-order valence-corrected chi connectivity index (χ3v) is 7.98. The van der Waals surface area contributed by atoms with E-state index in [-0.39, 0.29) is 0 Å². The van der Waals surface area contributed by atoms with Gasteiger partial charge in [0.25, 0.3) is 0 Å². The molecule has 0 saturated carbocycles. The van der Waals surface area contributed by atoms with Gasteiger partial charge in [0.1, 0.15) is 0 Å². The maximum atomic E-state index is 5.87. The van der Waals surface area contributed by atoms with Crippen LogP contribution >= 0.6 is 11.3 Å². The zero-order valence-electron chi connectivity index (χ0n) is 16.8. The Morgan fingerprint density at radius 2 is 1.96 bits per heavy atom. The molecule has 0 radical (unpaired) electrons. The summed E-state index contributed by atoms with van der Waals surface area (Å²) in [4.78, 5) is 8.11. The lowest BCUT2D eigenvalue weighted by atomic mass is 9.85. The molecule has 0 amide bonds. The number of aryl methyl sites for hydroxylation is 1. The number of thiophene rings is 1. The number of ether oxygens (including phenoxy) is 1. The van der Waals surface area contributed by atoms with Gasteiger partial charge in [-0.05, 0) is 76.3 Å². The van der Waals surface area contributed by atoms with Gasteiger partial charge in [-0.3, -0.25) is 4.90 Å². The molecule has 0 aliphatic carbocycles. The summed E-state index contributed by atoms with van der Waals surface area (Å²) in [6.07, 6.45) is 7.86. The van der Waals surface area contributed by atoms with Crippen molar-refractivity contribution < 1.29 is 4.74 Å². The van der Waals surface area contributed by atoms with E-state index < -0.39 is 0 Å². The Kier molecular flexibility index (Phi) is 5.11. The van der Waals surface area contributed by atoms with Crippen LogP contribution in [0.3, 0.4) is 0 Å². The van der Waals surface area contributed by atoms with Crippen molar-refractivity contribution in [3.8, 4) is 0 Å². The average Bonchev–Trinajstić information content (AvgIpc) is 3.46. The van der Waals surface area contributed by atoms with E-state index in [1.54, 1.807) is 0 Å². The third kappa shape index (κ3) is 3.58. The fourth-order valence-corrected chi connectivity index (χ4v) is 6.28. The predicted octanol–water partition coefficient (Wildman–Crippen LogP) is 4.33. The number of aromatic nitrogens is 2. The molecule has 0 N–H and O–H groups in total. The Morgan fingerprint density at radius 1 is 1.07 bits per heavy atom. The van der Waals surface area contributed by atoms with E-state index in [4.69, 9.17) is 4.74 Å². The minimum Gasteiger partial charge on any atom is -0.373 e. The van der Waals surface area contributed by atoms with Crippen molar-refractivity contribution in [3.63, 3.8) is 0 Å². The van der Waals surface area contributed by atoms with Crippen LogP contribution in [0.25, 0.3) is 0 Å². The molecule has 0 unspecified atom stereocenters. The minimum atomic E-state index is 0.352. The number of nitrogens with zero attached hydrogens (tertiary/aromatic N) is 4. The topological polar surface area (TPSA) is 41.5 Å². The Hall–Kier alpha value is -1.50. The van der Waals surface area contributed by atoms with Crippen molar-refractivity contribution in [1.82, 2.24) is 15.1 Å². The number of hydrogen-bond donors (Lipinski definition) is 0. The molecule has 1 spiro atoms. The first-order valence-corrected chi connectivity index (χ1v) is 11.5. The number of piperidine rings is 1. The van der Waals surface area contributed by atoms with Crippen molar-refractivity contribution in [2.24, 2.45) is 0 Å². The fraction of sp³-hybridized carbons (Fsp3) is 0.636. The molecule has 3 aliphatic rings. The quantitative estimate of drug-likeness (QED) is 0.767. The molecule has 3 aliphatic heterocycles. The lowest BCUT2D eigenvalue weighted by Crippen LogP contribution is -2.52. The van der Waals surface area contributed by atoms with Gasteiger partial charge < -0.3 is 9.64 Å². The SMILES string of the molecule is Cc1ccc(N2CCC3(CCCN3Cc3ccc([C@H]4CCCO4)s3)CC2)nn1. The van der Waals surface area contributed by atoms with Crippen LogP contribution in [-0.2, 0) is 11.3 Å². The van der Waals surface area contributed by atoms with Gasteiger partial charge in [0.05, 0.1) is 11.8 Å². The molecule has 150 valence electrons. The molecule has 6 heteroatoms. The second-order valence-electron chi connectivity index (χ2n) is 8.58. The van der Waals surface area contributed by atoms with Crippen molar-refractivity contribution >= 4 is 17.2 Å². The second kappa shape index (κ2) is 7.73. The first-order chi connectivity index (χ1) is 13.7. The van der Waals surface area contributed by atoms with Crippen LogP contribution in [0.1, 0.15) is 60.1 Å². The molecule has 28 heavy (non-hydrogen) atoms. The monoisotopic (exact) mass is 398 g/mol. The van der Waals surface area contributed by atoms with Crippen LogP contribution in [0.15, 0.2) is 24.3 Å². The molecule has 2 aromatic rings. The highest BCUT2D eigenvalue weighted by atomic mass is 32.1. The third-order valence-electron chi connectivity index (χ3n) is 6.82. The molecule has 5 nitrogen and oxygen atoms in total. The van der Waals surface area contributed by atoms with E-state index in [0.717, 1.165) is 37.8 Å². The van der Waals surface area contributed by atoms with Gasteiger partial charge in [-0.1, -0.05) is 0 Å². The molecule has 2 aromatic heterocycles. The molecule has 3 fully saturated rings. The maximum Gasteiger partial charge on any atom is 0.151 e. The van der Waals surface area contributed by atoms with E-state index >= 15 is 0 Å². The van der Waals surface area contributed by atoms with E-state index in [1.165, 1.54) is 54.8 Å². The number of hydrogen-bond acceptors (Lipinski definition) is 6. The summed E-state index contributed by atoms with van der Waals surface area (Å²) in [5.74, 6) is 1.03. The standard InChI is InChI=1S/C22H30N4OS/c1-17-5-8-21(24-23-17)25-13-10-22(11-14-25)9-3-12-26(22)16-18-6-7-20(28-18)19-4-2-15-27-19/h5-8,19H,2-4,9-16H2,1H3/t19-/m1/s1. The zero-order valence-corrected chi connectivity index (χ0v) is 17.6. The van der Waals surface area contributed by atoms with Crippen molar-refractivity contribution in [3.05, 3.63) is 39.7 Å². The Labute approximate surface area is 171 Å². The van der Waals surface area contributed by atoms with Gasteiger partial charge in [0.2, 0.25) is 0 Å². The van der Waals surface area contributed by atoms with E-state index in [9.17, 15) is 0 Å². The largest absolute Gasteiger partial charge is 0.373 e. The minimum absolute atomic E-state index is 0.352. The van der Waals surface area contributed by atoms with Crippen molar-refractivity contribution in [1.29, 1.82) is 0 Å². The van der Waals surface area contributed by atoms with Crippen LogP contribution in [0.2, 0.25) is 0 Å². The zero-order chi connectivity index (χ0) is 19.0. The Balaban J connectivity index is 1.24. The smallest absolute Gasteiger partial charge is 0.151 e. The van der Waals surface area contributed by atoms with Gasteiger partial charge >= 0.3 is 0 Å². The van der Waals surface area contributed by atoms with E-state index in [2.05, 4.69) is 44.3 Å². The molecule has 3 saturated heterocycles. The Bertz CT molecular complexity index is 791. The lowest BCUT2D eigenvalue weighted by Gasteiger charge is -2.45. The summed E-state index contributed by atoms with van der Waals surface area (Å²) < 4.78 is 5.87. The van der Waals surface area contributed by atoms with Crippen molar-refractivity contribution in [2.45, 2.75) is 63.6 Å². The van der Waals surface area contributed by atoms with Crippen LogP contribution in [0.4, 0.5) is 5.82 Å². The first kappa shape index (κ1) is 18.5.